The van der Waals surface area contributed by atoms with Crippen molar-refractivity contribution >= 4 is 11.6 Å². The van der Waals surface area contributed by atoms with Crippen molar-refractivity contribution in [1.29, 1.82) is 0 Å². The quantitative estimate of drug-likeness (QED) is 0.877. The molecule has 1 aromatic heterocycles. The van der Waals surface area contributed by atoms with Crippen LogP contribution in [0.2, 0.25) is 5.15 Å². The Morgan fingerprint density at radius 3 is 2.75 bits per heavy atom. The van der Waals surface area contributed by atoms with E-state index in [2.05, 4.69) is 5.10 Å². The summed E-state index contributed by atoms with van der Waals surface area (Å²) in [5.41, 5.74) is 1.09. The van der Waals surface area contributed by atoms with Crippen LogP contribution in [0.5, 0.6) is 0 Å². The van der Waals surface area contributed by atoms with Crippen molar-refractivity contribution in [3.05, 3.63) is 47.0 Å². The number of halogens is 2. The first kappa shape index (κ1) is 11.1. The van der Waals surface area contributed by atoms with Crippen molar-refractivity contribution in [2.24, 2.45) is 0 Å². The maximum absolute atomic E-state index is 13.1. The largest absolute Gasteiger partial charge is 0.389 e. The van der Waals surface area contributed by atoms with Crippen molar-refractivity contribution in [3.8, 4) is 5.69 Å². The van der Waals surface area contributed by atoms with E-state index in [1.807, 2.05) is 0 Å². The van der Waals surface area contributed by atoms with Crippen LogP contribution in [-0.4, -0.2) is 14.9 Å². The molecule has 5 heteroatoms. The molecule has 0 amide bonds. The highest BCUT2D eigenvalue weighted by Gasteiger charge is 2.11. The van der Waals surface area contributed by atoms with E-state index in [1.54, 1.807) is 25.3 Å². The molecule has 2 rings (SSSR count). The van der Waals surface area contributed by atoms with Crippen LogP contribution in [0.1, 0.15) is 18.6 Å². The number of benzene rings is 1. The average Bonchev–Trinajstić information content (AvgIpc) is 2.64. The van der Waals surface area contributed by atoms with Gasteiger partial charge in [-0.05, 0) is 31.2 Å². The predicted molar refractivity (Wildman–Crippen MR) is 59.2 cm³/mol. The Hall–Kier alpha value is -1.39. The Balaban J connectivity index is 2.56. The summed E-state index contributed by atoms with van der Waals surface area (Å²) in [6.45, 7) is 1.57. The van der Waals surface area contributed by atoms with E-state index in [0.29, 0.717) is 16.4 Å². The molecule has 0 spiro atoms. The van der Waals surface area contributed by atoms with Gasteiger partial charge in [-0.15, -0.1) is 0 Å². The molecule has 1 atom stereocenters. The summed E-state index contributed by atoms with van der Waals surface area (Å²) in [6.07, 6.45) is 0.884. The van der Waals surface area contributed by atoms with Crippen LogP contribution in [0.3, 0.4) is 0 Å². The van der Waals surface area contributed by atoms with E-state index in [9.17, 15) is 9.50 Å². The zero-order valence-corrected chi connectivity index (χ0v) is 9.32. The van der Waals surface area contributed by atoms with Gasteiger partial charge in [-0.1, -0.05) is 11.6 Å². The third kappa shape index (κ3) is 2.08. The number of aliphatic hydroxyl groups excluding tert-OH is 1. The van der Waals surface area contributed by atoms with Gasteiger partial charge in [0.2, 0.25) is 0 Å². The first-order valence-corrected chi connectivity index (χ1v) is 5.15. The van der Waals surface area contributed by atoms with E-state index in [1.165, 1.54) is 16.8 Å². The molecule has 0 saturated carbocycles. The third-order valence-corrected chi connectivity index (χ3v) is 2.44. The van der Waals surface area contributed by atoms with Gasteiger partial charge in [-0.3, -0.25) is 0 Å². The molecule has 0 saturated heterocycles. The molecule has 2 aromatic rings. The van der Waals surface area contributed by atoms with Gasteiger partial charge in [0, 0.05) is 11.8 Å². The number of aromatic nitrogens is 2. The maximum atomic E-state index is 13.1. The van der Waals surface area contributed by atoms with Crippen molar-refractivity contribution in [2.45, 2.75) is 13.0 Å². The maximum Gasteiger partial charge on any atom is 0.151 e. The topological polar surface area (TPSA) is 38.0 Å². The molecule has 16 heavy (non-hydrogen) atoms. The van der Waals surface area contributed by atoms with Gasteiger partial charge in [0.1, 0.15) is 5.82 Å². The molecular formula is C11H10ClFN2O. The molecule has 0 bridgehead atoms. The van der Waals surface area contributed by atoms with E-state index in [-0.39, 0.29) is 0 Å². The molecule has 1 heterocycles. The highest BCUT2D eigenvalue weighted by molar-refractivity contribution is 6.29. The van der Waals surface area contributed by atoms with E-state index in [4.69, 9.17) is 11.6 Å². The van der Waals surface area contributed by atoms with Gasteiger partial charge >= 0.3 is 0 Å². The Morgan fingerprint density at radius 1 is 1.44 bits per heavy atom. The number of aliphatic hydroxyl groups is 1. The second-order valence-corrected chi connectivity index (χ2v) is 3.85. The summed E-state index contributed by atoms with van der Waals surface area (Å²) in [5.74, 6) is -0.391. The SMILES string of the molecule is CC(O)c1cc(F)ccc1-n1ccc(Cl)n1. The van der Waals surface area contributed by atoms with Crippen molar-refractivity contribution < 1.29 is 9.50 Å². The van der Waals surface area contributed by atoms with Crippen molar-refractivity contribution in [3.63, 3.8) is 0 Å². The molecule has 84 valence electrons. The molecule has 0 fully saturated rings. The predicted octanol–water partition coefficient (Wildman–Crippen LogP) is 2.72. The highest BCUT2D eigenvalue weighted by atomic mass is 35.5. The Morgan fingerprint density at radius 2 is 2.19 bits per heavy atom. The summed E-state index contributed by atoms with van der Waals surface area (Å²) in [4.78, 5) is 0. The Bertz CT molecular complexity index is 510. The number of rotatable bonds is 2. The average molecular weight is 241 g/mol. The van der Waals surface area contributed by atoms with Gasteiger partial charge in [0.25, 0.3) is 0 Å². The van der Waals surface area contributed by atoms with Crippen molar-refractivity contribution in [2.75, 3.05) is 0 Å². The van der Waals surface area contributed by atoms with Gasteiger partial charge in [-0.2, -0.15) is 5.10 Å². The molecule has 1 aromatic carbocycles. The summed E-state index contributed by atoms with van der Waals surface area (Å²) in [7, 11) is 0. The van der Waals surface area contributed by atoms with Crippen LogP contribution in [0.4, 0.5) is 4.39 Å². The van der Waals surface area contributed by atoms with Crippen molar-refractivity contribution in [1.82, 2.24) is 9.78 Å². The minimum absolute atomic E-state index is 0.348. The van der Waals surface area contributed by atoms with Crippen LogP contribution in [0, 0.1) is 5.82 Å². The summed E-state index contributed by atoms with van der Waals surface area (Å²) in [6, 6.07) is 5.78. The minimum Gasteiger partial charge on any atom is -0.389 e. The molecular weight excluding hydrogens is 231 g/mol. The molecule has 0 radical (unpaired) electrons. The Labute approximate surface area is 97.1 Å². The van der Waals surface area contributed by atoms with E-state index in [0.717, 1.165) is 0 Å². The minimum atomic E-state index is -0.770. The van der Waals surface area contributed by atoms with Gasteiger partial charge < -0.3 is 5.11 Å². The first-order chi connectivity index (χ1) is 7.58. The molecule has 1 N–H and O–H groups in total. The lowest BCUT2D eigenvalue weighted by Crippen LogP contribution is -2.03. The lowest BCUT2D eigenvalue weighted by atomic mass is 10.1. The normalized spacial score (nSPS) is 12.8. The summed E-state index contributed by atoms with van der Waals surface area (Å²) in [5, 5.41) is 13.9. The van der Waals surface area contributed by atoms with Gasteiger partial charge in [0.15, 0.2) is 5.15 Å². The van der Waals surface area contributed by atoms with E-state index >= 15 is 0 Å². The first-order valence-electron chi connectivity index (χ1n) is 4.77. The number of nitrogens with zero attached hydrogens (tertiary/aromatic N) is 2. The lowest BCUT2D eigenvalue weighted by Gasteiger charge is -2.11. The van der Waals surface area contributed by atoms with E-state index < -0.39 is 11.9 Å². The smallest absolute Gasteiger partial charge is 0.151 e. The number of hydrogen-bond acceptors (Lipinski definition) is 2. The molecule has 0 aliphatic rings. The molecule has 3 nitrogen and oxygen atoms in total. The summed E-state index contributed by atoms with van der Waals surface area (Å²) < 4.78 is 14.6. The molecule has 1 unspecified atom stereocenters. The fourth-order valence-corrected chi connectivity index (χ4v) is 1.64. The van der Waals surface area contributed by atoms with Crippen LogP contribution >= 0.6 is 11.6 Å². The van der Waals surface area contributed by atoms with Crippen LogP contribution in [0.25, 0.3) is 5.69 Å². The fourth-order valence-electron chi connectivity index (χ4n) is 1.50. The standard InChI is InChI=1S/C11H10ClFN2O/c1-7(16)9-6-8(13)2-3-10(9)15-5-4-11(12)14-15/h2-7,16H,1H3. The number of hydrogen-bond donors (Lipinski definition) is 1. The Kier molecular flexibility index (Phi) is 2.94. The second-order valence-electron chi connectivity index (χ2n) is 3.46. The monoisotopic (exact) mass is 240 g/mol. The van der Waals surface area contributed by atoms with Crippen LogP contribution < -0.4 is 0 Å². The highest BCUT2D eigenvalue weighted by Crippen LogP contribution is 2.22. The lowest BCUT2D eigenvalue weighted by molar-refractivity contribution is 0.198. The molecule has 0 aliphatic carbocycles. The van der Waals surface area contributed by atoms with Crippen LogP contribution in [-0.2, 0) is 0 Å². The van der Waals surface area contributed by atoms with Crippen LogP contribution in [0.15, 0.2) is 30.5 Å². The summed E-state index contributed by atoms with van der Waals surface area (Å²) >= 11 is 5.70. The zero-order valence-electron chi connectivity index (χ0n) is 8.56. The third-order valence-electron chi connectivity index (χ3n) is 2.24. The zero-order chi connectivity index (χ0) is 11.7. The second kappa shape index (κ2) is 4.23. The van der Waals surface area contributed by atoms with Gasteiger partial charge in [-0.25, -0.2) is 9.07 Å². The fraction of sp³-hybridized carbons (Fsp3) is 0.182. The molecule has 0 aliphatic heterocycles. The van der Waals surface area contributed by atoms with Gasteiger partial charge in [0.05, 0.1) is 11.8 Å².